The Morgan fingerprint density at radius 1 is 1.05 bits per heavy atom. The number of sulfonamides is 1. The van der Waals surface area contributed by atoms with E-state index in [4.69, 9.17) is 0 Å². The first-order valence-corrected chi connectivity index (χ1v) is 8.18. The minimum atomic E-state index is -3.31. The van der Waals surface area contributed by atoms with Crippen molar-refractivity contribution in [3.8, 4) is 0 Å². The van der Waals surface area contributed by atoms with Gasteiger partial charge in [-0.2, -0.15) is 0 Å². The number of carbonyl (C=O) groups excluding carboxylic acids is 1. The SMILES string of the molecule is CS(=O)(=O)Nc1cccc(/C=C/C(=O)c2ccccc2)c1. The Balaban J connectivity index is 2.15. The Hall–Kier alpha value is -2.40. The molecule has 2 aromatic carbocycles. The quantitative estimate of drug-likeness (QED) is 0.682. The summed E-state index contributed by atoms with van der Waals surface area (Å²) < 4.78 is 24.8. The Labute approximate surface area is 124 Å². The predicted octanol–water partition coefficient (Wildman–Crippen LogP) is 2.95. The zero-order valence-electron chi connectivity index (χ0n) is 11.5. The molecule has 0 saturated heterocycles. The van der Waals surface area contributed by atoms with E-state index in [-0.39, 0.29) is 5.78 Å². The fourth-order valence-electron chi connectivity index (χ4n) is 1.79. The zero-order valence-corrected chi connectivity index (χ0v) is 12.3. The van der Waals surface area contributed by atoms with Gasteiger partial charge in [0.25, 0.3) is 0 Å². The highest BCUT2D eigenvalue weighted by Crippen LogP contribution is 2.13. The molecule has 0 spiro atoms. The largest absolute Gasteiger partial charge is 0.289 e. The van der Waals surface area contributed by atoms with E-state index in [2.05, 4.69) is 4.72 Å². The van der Waals surface area contributed by atoms with Crippen LogP contribution in [-0.4, -0.2) is 20.5 Å². The number of allylic oxidation sites excluding steroid dienone is 1. The van der Waals surface area contributed by atoms with Gasteiger partial charge in [-0.15, -0.1) is 0 Å². The maximum atomic E-state index is 11.9. The number of nitrogens with one attached hydrogen (secondary N) is 1. The molecule has 0 saturated carbocycles. The van der Waals surface area contributed by atoms with Crippen LogP contribution in [0.15, 0.2) is 60.7 Å². The third kappa shape index (κ3) is 4.89. The number of anilines is 1. The number of rotatable bonds is 5. The smallest absolute Gasteiger partial charge is 0.229 e. The van der Waals surface area contributed by atoms with E-state index in [0.29, 0.717) is 11.3 Å². The van der Waals surface area contributed by atoms with Crippen molar-refractivity contribution in [3.63, 3.8) is 0 Å². The molecule has 0 aromatic heterocycles. The zero-order chi connectivity index (χ0) is 15.3. The van der Waals surface area contributed by atoms with Crippen molar-refractivity contribution in [3.05, 3.63) is 71.8 Å². The summed E-state index contributed by atoms with van der Waals surface area (Å²) in [6.07, 6.45) is 4.21. The number of ketones is 1. The Bertz CT molecular complexity index is 765. The van der Waals surface area contributed by atoms with E-state index < -0.39 is 10.0 Å². The van der Waals surface area contributed by atoms with Crippen LogP contribution in [-0.2, 0) is 10.0 Å². The summed E-state index contributed by atoms with van der Waals surface area (Å²) in [4.78, 5) is 11.9. The van der Waals surface area contributed by atoms with E-state index in [1.807, 2.05) is 6.07 Å². The summed E-state index contributed by atoms with van der Waals surface area (Å²) in [6.45, 7) is 0. The van der Waals surface area contributed by atoms with Crippen molar-refractivity contribution in [1.82, 2.24) is 0 Å². The second kappa shape index (κ2) is 6.37. The summed E-state index contributed by atoms with van der Waals surface area (Å²) in [6, 6.07) is 15.8. The molecular formula is C16H15NO3S. The molecule has 0 aliphatic rings. The van der Waals surface area contributed by atoms with Crippen LogP contribution in [0.5, 0.6) is 0 Å². The standard InChI is InChI=1S/C16H15NO3S/c1-21(19,20)17-15-9-5-6-13(12-15)10-11-16(18)14-7-3-2-4-8-14/h2-12,17H,1H3/b11-10+. The second-order valence-electron chi connectivity index (χ2n) is 4.56. The molecule has 1 N–H and O–H groups in total. The molecule has 0 heterocycles. The van der Waals surface area contributed by atoms with Gasteiger partial charge in [-0.3, -0.25) is 9.52 Å². The number of carbonyl (C=O) groups is 1. The number of hydrogen-bond donors (Lipinski definition) is 1. The minimum Gasteiger partial charge on any atom is -0.289 e. The Morgan fingerprint density at radius 2 is 1.76 bits per heavy atom. The van der Waals surface area contributed by atoms with Gasteiger partial charge in [0.15, 0.2) is 5.78 Å². The summed E-state index contributed by atoms with van der Waals surface area (Å²) in [7, 11) is -3.31. The van der Waals surface area contributed by atoms with Gasteiger partial charge in [0, 0.05) is 11.3 Å². The molecule has 108 valence electrons. The molecule has 0 radical (unpaired) electrons. The third-order valence-corrected chi connectivity index (χ3v) is 3.28. The fourth-order valence-corrected chi connectivity index (χ4v) is 2.35. The molecule has 0 aliphatic heterocycles. The van der Waals surface area contributed by atoms with E-state index in [1.54, 1.807) is 54.6 Å². The van der Waals surface area contributed by atoms with E-state index in [1.165, 1.54) is 6.08 Å². The Morgan fingerprint density at radius 3 is 2.43 bits per heavy atom. The molecule has 0 aliphatic carbocycles. The number of hydrogen-bond acceptors (Lipinski definition) is 3. The average Bonchev–Trinajstić information content (AvgIpc) is 2.44. The summed E-state index contributed by atoms with van der Waals surface area (Å²) in [5.74, 6) is -0.0999. The van der Waals surface area contributed by atoms with Crippen molar-refractivity contribution in [1.29, 1.82) is 0 Å². The van der Waals surface area contributed by atoms with Gasteiger partial charge in [0.05, 0.1) is 6.26 Å². The lowest BCUT2D eigenvalue weighted by Gasteiger charge is -2.04. The van der Waals surface area contributed by atoms with Crippen LogP contribution in [0, 0.1) is 0 Å². The molecule has 0 amide bonds. The highest BCUT2D eigenvalue weighted by Gasteiger charge is 2.02. The molecule has 0 atom stereocenters. The summed E-state index contributed by atoms with van der Waals surface area (Å²) in [5, 5.41) is 0. The molecule has 2 rings (SSSR count). The normalized spacial score (nSPS) is 11.5. The van der Waals surface area contributed by atoms with Gasteiger partial charge in [0.2, 0.25) is 10.0 Å². The first kappa shape index (κ1) is 15.0. The topological polar surface area (TPSA) is 63.2 Å². The maximum absolute atomic E-state index is 11.9. The van der Waals surface area contributed by atoms with Gasteiger partial charge in [0.1, 0.15) is 0 Å². The lowest BCUT2D eigenvalue weighted by atomic mass is 10.1. The van der Waals surface area contributed by atoms with Gasteiger partial charge < -0.3 is 0 Å². The van der Waals surface area contributed by atoms with Crippen LogP contribution in [0.1, 0.15) is 15.9 Å². The molecule has 0 fully saturated rings. The van der Waals surface area contributed by atoms with Crippen molar-refractivity contribution in [2.24, 2.45) is 0 Å². The highest BCUT2D eigenvalue weighted by atomic mass is 32.2. The highest BCUT2D eigenvalue weighted by molar-refractivity contribution is 7.92. The van der Waals surface area contributed by atoms with Crippen LogP contribution in [0.25, 0.3) is 6.08 Å². The van der Waals surface area contributed by atoms with Crippen LogP contribution in [0.4, 0.5) is 5.69 Å². The first-order valence-electron chi connectivity index (χ1n) is 6.29. The summed E-state index contributed by atoms with van der Waals surface area (Å²) >= 11 is 0. The van der Waals surface area contributed by atoms with Crippen molar-refractivity contribution < 1.29 is 13.2 Å². The lowest BCUT2D eigenvalue weighted by molar-refractivity contribution is 0.104. The maximum Gasteiger partial charge on any atom is 0.229 e. The third-order valence-electron chi connectivity index (χ3n) is 2.68. The molecule has 21 heavy (non-hydrogen) atoms. The Kier molecular flexibility index (Phi) is 4.55. The molecule has 2 aromatic rings. The average molecular weight is 301 g/mol. The van der Waals surface area contributed by atoms with Crippen LogP contribution < -0.4 is 4.72 Å². The van der Waals surface area contributed by atoms with Gasteiger partial charge in [-0.25, -0.2) is 8.42 Å². The van der Waals surface area contributed by atoms with Crippen LogP contribution in [0.2, 0.25) is 0 Å². The lowest BCUT2D eigenvalue weighted by Crippen LogP contribution is -2.09. The second-order valence-corrected chi connectivity index (χ2v) is 6.31. The predicted molar refractivity (Wildman–Crippen MR) is 84.7 cm³/mol. The monoisotopic (exact) mass is 301 g/mol. The molecule has 0 bridgehead atoms. The van der Waals surface area contributed by atoms with E-state index in [9.17, 15) is 13.2 Å². The minimum absolute atomic E-state index is 0.0999. The van der Waals surface area contributed by atoms with E-state index in [0.717, 1.165) is 11.8 Å². The fraction of sp³-hybridized carbons (Fsp3) is 0.0625. The summed E-state index contributed by atoms with van der Waals surface area (Å²) in [5.41, 5.74) is 1.82. The van der Waals surface area contributed by atoms with Crippen molar-refractivity contribution in [2.75, 3.05) is 11.0 Å². The van der Waals surface area contributed by atoms with Gasteiger partial charge in [-0.1, -0.05) is 48.5 Å². The van der Waals surface area contributed by atoms with E-state index >= 15 is 0 Å². The number of benzene rings is 2. The molecule has 4 nitrogen and oxygen atoms in total. The van der Waals surface area contributed by atoms with Crippen molar-refractivity contribution in [2.45, 2.75) is 0 Å². The molecule has 0 unspecified atom stereocenters. The van der Waals surface area contributed by atoms with Gasteiger partial charge >= 0.3 is 0 Å². The van der Waals surface area contributed by atoms with Crippen LogP contribution in [0.3, 0.4) is 0 Å². The molecular weight excluding hydrogens is 286 g/mol. The van der Waals surface area contributed by atoms with Crippen molar-refractivity contribution >= 4 is 27.6 Å². The van der Waals surface area contributed by atoms with Crippen LogP contribution >= 0.6 is 0 Å². The van der Waals surface area contributed by atoms with Gasteiger partial charge in [-0.05, 0) is 23.8 Å². The first-order chi connectivity index (χ1) is 9.94. The molecule has 5 heteroatoms.